The first-order chi connectivity index (χ1) is 12.2. The summed E-state index contributed by atoms with van der Waals surface area (Å²) in [7, 11) is 0. The van der Waals surface area contributed by atoms with E-state index in [1.807, 2.05) is 13.8 Å². The Hall–Kier alpha value is -2.35. The van der Waals surface area contributed by atoms with Gasteiger partial charge in [-0.1, -0.05) is 0 Å². The van der Waals surface area contributed by atoms with Gasteiger partial charge in [0.2, 0.25) is 0 Å². The van der Waals surface area contributed by atoms with Crippen LogP contribution in [0.4, 0.5) is 0 Å². The number of H-pyrrole nitrogens is 1. The summed E-state index contributed by atoms with van der Waals surface area (Å²) in [6.07, 6.45) is -0.112. The van der Waals surface area contributed by atoms with Crippen molar-refractivity contribution in [3.8, 4) is 0 Å². The van der Waals surface area contributed by atoms with Crippen molar-refractivity contribution < 1.29 is 28.6 Å². The van der Waals surface area contributed by atoms with Crippen molar-refractivity contribution in [1.29, 1.82) is 0 Å². The molecule has 1 aliphatic rings. The number of esters is 2. The molecule has 1 N–H and O–H groups in total. The van der Waals surface area contributed by atoms with Crippen LogP contribution in [0.3, 0.4) is 0 Å². The molecule has 0 saturated carbocycles. The van der Waals surface area contributed by atoms with Gasteiger partial charge in [-0.25, -0.2) is 9.59 Å². The molecule has 2 rings (SSSR count). The highest BCUT2D eigenvalue weighted by Gasteiger charge is 2.28. The summed E-state index contributed by atoms with van der Waals surface area (Å²) in [4.78, 5) is 41.1. The van der Waals surface area contributed by atoms with Crippen LogP contribution in [-0.2, 0) is 19.0 Å². The molecule has 1 amide bonds. The fraction of sp³-hybridized carbons (Fsp3) is 0.611. The highest BCUT2D eigenvalue weighted by atomic mass is 16.5. The van der Waals surface area contributed by atoms with Gasteiger partial charge in [-0.05, 0) is 40.2 Å². The number of hydrogen-bond acceptors (Lipinski definition) is 6. The summed E-state index contributed by atoms with van der Waals surface area (Å²) in [6, 6.07) is 0. The summed E-state index contributed by atoms with van der Waals surface area (Å²) >= 11 is 0. The number of aromatic amines is 1. The summed E-state index contributed by atoms with van der Waals surface area (Å²) in [5.74, 6) is -1.44. The Kier molecular flexibility index (Phi) is 6.42. The second-order valence-electron chi connectivity index (χ2n) is 6.48. The smallest absolute Gasteiger partial charge is 0.355 e. The van der Waals surface area contributed by atoms with E-state index in [9.17, 15) is 14.4 Å². The molecule has 0 unspecified atom stereocenters. The minimum Gasteiger partial charge on any atom is -0.461 e. The van der Waals surface area contributed by atoms with E-state index in [1.165, 1.54) is 0 Å². The standard InChI is InChI=1S/C18H26N2O6/c1-6-24-18(23)16-12(4)15(13(5)19-16)17(22)25-9-14(21)20-7-10(2)26-11(3)8-20/h10-11,19H,6-9H2,1-5H3/t10-,11-/m1/s1. The Morgan fingerprint density at radius 2 is 1.73 bits per heavy atom. The fourth-order valence-electron chi connectivity index (χ4n) is 3.14. The topological polar surface area (TPSA) is 97.9 Å². The Labute approximate surface area is 152 Å². The van der Waals surface area contributed by atoms with Gasteiger partial charge in [-0.15, -0.1) is 0 Å². The number of nitrogens with one attached hydrogen (secondary N) is 1. The molecule has 1 aromatic rings. The average Bonchev–Trinajstić information content (AvgIpc) is 2.86. The molecule has 2 heterocycles. The van der Waals surface area contributed by atoms with Gasteiger partial charge in [0, 0.05) is 18.8 Å². The van der Waals surface area contributed by atoms with Crippen LogP contribution in [0.15, 0.2) is 0 Å². The zero-order valence-corrected chi connectivity index (χ0v) is 15.9. The molecule has 0 radical (unpaired) electrons. The summed E-state index contributed by atoms with van der Waals surface area (Å²) in [5.41, 5.74) is 1.42. The third-order valence-corrected chi connectivity index (χ3v) is 4.22. The predicted octanol–water partition coefficient (Wildman–Crippen LogP) is 1.60. The monoisotopic (exact) mass is 366 g/mol. The first kappa shape index (κ1) is 20.0. The Morgan fingerprint density at radius 3 is 2.31 bits per heavy atom. The molecule has 8 heteroatoms. The van der Waals surface area contributed by atoms with Gasteiger partial charge < -0.3 is 24.1 Å². The Morgan fingerprint density at radius 1 is 1.12 bits per heavy atom. The minimum atomic E-state index is -0.644. The number of nitrogens with zero attached hydrogens (tertiary/aromatic N) is 1. The number of carbonyl (C=O) groups is 3. The number of rotatable bonds is 5. The molecule has 1 aliphatic heterocycles. The summed E-state index contributed by atoms with van der Waals surface area (Å²) < 4.78 is 15.7. The van der Waals surface area contributed by atoms with E-state index in [1.54, 1.807) is 25.7 Å². The van der Waals surface area contributed by atoms with Crippen LogP contribution in [0.25, 0.3) is 0 Å². The van der Waals surface area contributed by atoms with Crippen molar-refractivity contribution in [1.82, 2.24) is 9.88 Å². The molecule has 1 saturated heterocycles. The maximum atomic E-state index is 12.4. The first-order valence-electron chi connectivity index (χ1n) is 8.71. The van der Waals surface area contributed by atoms with E-state index in [0.29, 0.717) is 24.3 Å². The van der Waals surface area contributed by atoms with Crippen molar-refractivity contribution in [3.05, 3.63) is 22.5 Å². The lowest BCUT2D eigenvalue weighted by molar-refractivity contribution is -0.146. The predicted molar refractivity (Wildman–Crippen MR) is 93.1 cm³/mol. The Balaban J connectivity index is 2.02. The maximum Gasteiger partial charge on any atom is 0.355 e. The van der Waals surface area contributed by atoms with Crippen LogP contribution in [-0.4, -0.2) is 66.2 Å². The second-order valence-corrected chi connectivity index (χ2v) is 6.48. The van der Waals surface area contributed by atoms with Crippen molar-refractivity contribution in [2.24, 2.45) is 0 Å². The molecule has 1 aromatic heterocycles. The number of ether oxygens (including phenoxy) is 3. The van der Waals surface area contributed by atoms with Gasteiger partial charge in [0.25, 0.3) is 5.91 Å². The van der Waals surface area contributed by atoms with E-state index in [0.717, 1.165) is 0 Å². The number of hydrogen-bond donors (Lipinski definition) is 1. The molecule has 0 aliphatic carbocycles. The van der Waals surface area contributed by atoms with E-state index >= 15 is 0 Å². The van der Waals surface area contributed by atoms with Gasteiger partial charge in [0.05, 0.1) is 24.4 Å². The van der Waals surface area contributed by atoms with Crippen LogP contribution >= 0.6 is 0 Å². The molecule has 8 nitrogen and oxygen atoms in total. The molecule has 26 heavy (non-hydrogen) atoms. The summed E-state index contributed by atoms with van der Waals surface area (Å²) in [6.45, 7) is 9.62. The number of carbonyl (C=O) groups excluding carboxylic acids is 3. The molecule has 0 bridgehead atoms. The SMILES string of the molecule is CCOC(=O)c1[nH]c(C)c(C(=O)OCC(=O)N2C[C@@H](C)O[C@H](C)C2)c1C. The Bertz CT molecular complexity index is 686. The van der Waals surface area contributed by atoms with Gasteiger partial charge in [0.1, 0.15) is 5.69 Å². The van der Waals surface area contributed by atoms with Crippen molar-refractivity contribution in [3.63, 3.8) is 0 Å². The molecule has 144 valence electrons. The van der Waals surface area contributed by atoms with E-state index in [4.69, 9.17) is 14.2 Å². The van der Waals surface area contributed by atoms with Crippen molar-refractivity contribution >= 4 is 17.8 Å². The third kappa shape index (κ3) is 4.43. The molecule has 0 spiro atoms. The van der Waals surface area contributed by atoms with Gasteiger partial charge >= 0.3 is 11.9 Å². The van der Waals surface area contributed by atoms with Crippen LogP contribution in [0.1, 0.15) is 52.9 Å². The molecule has 1 fully saturated rings. The molecule has 2 atom stereocenters. The third-order valence-electron chi connectivity index (χ3n) is 4.22. The number of morpholine rings is 1. The van der Waals surface area contributed by atoms with E-state index < -0.39 is 11.9 Å². The highest BCUT2D eigenvalue weighted by Crippen LogP contribution is 2.20. The van der Waals surface area contributed by atoms with Gasteiger partial charge in [0.15, 0.2) is 6.61 Å². The van der Waals surface area contributed by atoms with Crippen LogP contribution < -0.4 is 0 Å². The average molecular weight is 366 g/mol. The quantitative estimate of drug-likeness (QED) is 0.795. The zero-order chi connectivity index (χ0) is 19.4. The zero-order valence-electron chi connectivity index (χ0n) is 15.9. The largest absolute Gasteiger partial charge is 0.461 e. The van der Waals surface area contributed by atoms with Crippen LogP contribution in [0.5, 0.6) is 0 Å². The normalized spacial score (nSPS) is 20.0. The van der Waals surface area contributed by atoms with E-state index in [-0.39, 0.29) is 42.6 Å². The van der Waals surface area contributed by atoms with E-state index in [2.05, 4.69) is 4.98 Å². The van der Waals surface area contributed by atoms with Crippen LogP contribution in [0, 0.1) is 13.8 Å². The van der Waals surface area contributed by atoms with Gasteiger partial charge in [-0.2, -0.15) is 0 Å². The molecule has 0 aromatic carbocycles. The fourth-order valence-corrected chi connectivity index (χ4v) is 3.14. The maximum absolute atomic E-state index is 12.4. The number of aromatic nitrogens is 1. The lowest BCUT2D eigenvalue weighted by atomic mass is 10.1. The lowest BCUT2D eigenvalue weighted by Gasteiger charge is -2.35. The minimum absolute atomic E-state index is 0.0558. The highest BCUT2D eigenvalue weighted by molar-refractivity contribution is 5.99. The number of aryl methyl sites for hydroxylation is 1. The lowest BCUT2D eigenvalue weighted by Crippen LogP contribution is -2.49. The molecular formula is C18H26N2O6. The van der Waals surface area contributed by atoms with Crippen LogP contribution in [0.2, 0.25) is 0 Å². The first-order valence-corrected chi connectivity index (χ1v) is 8.71. The van der Waals surface area contributed by atoms with Crippen molar-refractivity contribution in [2.45, 2.75) is 46.8 Å². The summed E-state index contributed by atoms with van der Waals surface area (Å²) in [5, 5.41) is 0. The second kappa shape index (κ2) is 8.35. The van der Waals surface area contributed by atoms with Crippen molar-refractivity contribution in [2.75, 3.05) is 26.3 Å². The molecular weight excluding hydrogens is 340 g/mol. The number of amides is 1. The van der Waals surface area contributed by atoms with Gasteiger partial charge in [-0.3, -0.25) is 4.79 Å².